The van der Waals surface area contributed by atoms with Gasteiger partial charge in [-0.05, 0) is 39.4 Å². The first-order chi connectivity index (χ1) is 8.69. The monoisotopic (exact) mass is 251 g/mol. The van der Waals surface area contributed by atoms with Gasteiger partial charge in [-0.2, -0.15) is 0 Å². The second-order valence-corrected chi connectivity index (χ2v) is 5.89. The molecule has 2 aliphatic rings. The van der Waals surface area contributed by atoms with Crippen LogP contribution in [0.5, 0.6) is 0 Å². The third-order valence-corrected chi connectivity index (χ3v) is 4.39. The van der Waals surface area contributed by atoms with E-state index in [-0.39, 0.29) is 0 Å². The zero-order valence-electron chi connectivity index (χ0n) is 12.4. The van der Waals surface area contributed by atoms with Crippen molar-refractivity contribution in [2.24, 2.45) is 0 Å². The van der Waals surface area contributed by atoms with Crippen LogP contribution in [0.25, 0.3) is 0 Å². The van der Waals surface area contributed by atoms with Crippen molar-refractivity contribution in [3.8, 4) is 0 Å². The molecular weight excluding hydrogens is 222 g/mol. The first-order valence-corrected chi connectivity index (χ1v) is 7.59. The molecule has 18 heavy (non-hydrogen) atoms. The first-order valence-electron chi connectivity index (χ1n) is 7.59. The van der Waals surface area contributed by atoms with E-state index in [1.807, 2.05) is 0 Å². The number of likely N-dealkylation sites (tertiary alicyclic amines) is 1. The summed E-state index contributed by atoms with van der Waals surface area (Å²) in [6.45, 7) is 15.5. The normalized spacial score (nSPS) is 23.8. The largest absolute Gasteiger partial charge is 0.375 e. The number of piperazine rings is 1. The van der Waals surface area contributed by atoms with E-state index in [0.717, 1.165) is 0 Å². The molecule has 3 heteroatoms. The number of rotatable bonds is 3. The Morgan fingerprint density at radius 3 is 2.11 bits per heavy atom. The molecule has 0 aliphatic carbocycles. The Morgan fingerprint density at radius 1 is 1.00 bits per heavy atom. The van der Waals surface area contributed by atoms with Crippen LogP contribution in [-0.2, 0) is 0 Å². The second-order valence-electron chi connectivity index (χ2n) is 5.89. The zero-order chi connectivity index (χ0) is 13.0. The van der Waals surface area contributed by atoms with Gasteiger partial charge in [0, 0.05) is 45.3 Å². The molecule has 2 rings (SSSR count). The van der Waals surface area contributed by atoms with E-state index < -0.39 is 0 Å². The molecule has 3 nitrogen and oxygen atoms in total. The van der Waals surface area contributed by atoms with Crippen molar-refractivity contribution in [3.05, 3.63) is 11.8 Å². The minimum absolute atomic E-state index is 0.708. The molecule has 2 aliphatic heterocycles. The highest BCUT2D eigenvalue weighted by Crippen LogP contribution is 2.19. The number of hydrogen-bond acceptors (Lipinski definition) is 3. The number of likely N-dealkylation sites (N-methyl/N-ethyl adjacent to an activating group) is 1. The summed E-state index contributed by atoms with van der Waals surface area (Å²) < 4.78 is 0. The summed E-state index contributed by atoms with van der Waals surface area (Å²) in [5.74, 6) is 0. The third-order valence-electron chi connectivity index (χ3n) is 4.39. The summed E-state index contributed by atoms with van der Waals surface area (Å²) in [6.07, 6.45) is 5.00. The van der Waals surface area contributed by atoms with Gasteiger partial charge in [0.25, 0.3) is 0 Å². The van der Waals surface area contributed by atoms with Gasteiger partial charge in [0.1, 0.15) is 0 Å². The Balaban J connectivity index is 1.77. The average molecular weight is 251 g/mol. The standard InChI is InChI=1S/C15H29N3/c1-4-16-9-11-17(12-10-16)13-15-5-7-18(8-6-15)14(2)3/h13-14H,4-12H2,1-3H3. The van der Waals surface area contributed by atoms with Gasteiger partial charge in [0.2, 0.25) is 0 Å². The van der Waals surface area contributed by atoms with Gasteiger partial charge < -0.3 is 14.7 Å². The SMILES string of the molecule is CCN1CCN(C=C2CCN(C(C)C)CC2)CC1. The Hall–Kier alpha value is -0.540. The van der Waals surface area contributed by atoms with E-state index in [0.29, 0.717) is 6.04 Å². The van der Waals surface area contributed by atoms with Crippen LogP contribution in [0.4, 0.5) is 0 Å². The minimum Gasteiger partial charge on any atom is -0.375 e. The van der Waals surface area contributed by atoms with Gasteiger partial charge >= 0.3 is 0 Å². The molecule has 0 aromatic rings. The van der Waals surface area contributed by atoms with Gasteiger partial charge in [-0.15, -0.1) is 0 Å². The lowest BCUT2D eigenvalue weighted by Crippen LogP contribution is -2.44. The number of hydrogen-bond donors (Lipinski definition) is 0. The van der Waals surface area contributed by atoms with Crippen molar-refractivity contribution in [2.45, 2.75) is 39.7 Å². The van der Waals surface area contributed by atoms with Gasteiger partial charge in [0.05, 0.1) is 0 Å². The summed E-state index contributed by atoms with van der Waals surface area (Å²) in [6, 6.07) is 0.708. The average Bonchev–Trinajstić information content (AvgIpc) is 2.40. The first kappa shape index (κ1) is 13.9. The van der Waals surface area contributed by atoms with Gasteiger partial charge in [-0.3, -0.25) is 0 Å². The van der Waals surface area contributed by atoms with E-state index in [1.165, 1.54) is 58.7 Å². The van der Waals surface area contributed by atoms with Crippen LogP contribution in [0.1, 0.15) is 33.6 Å². The maximum atomic E-state index is 2.59. The molecule has 0 saturated carbocycles. The predicted molar refractivity (Wildman–Crippen MR) is 77.7 cm³/mol. The molecule has 0 radical (unpaired) electrons. The lowest BCUT2D eigenvalue weighted by Gasteiger charge is -2.36. The van der Waals surface area contributed by atoms with E-state index in [1.54, 1.807) is 5.57 Å². The van der Waals surface area contributed by atoms with E-state index in [2.05, 4.69) is 41.7 Å². The highest BCUT2D eigenvalue weighted by Gasteiger charge is 2.18. The summed E-state index contributed by atoms with van der Waals surface area (Å²) in [4.78, 5) is 7.66. The van der Waals surface area contributed by atoms with Crippen LogP contribution in [0.3, 0.4) is 0 Å². The quantitative estimate of drug-likeness (QED) is 0.760. The molecule has 2 heterocycles. The van der Waals surface area contributed by atoms with Crippen LogP contribution >= 0.6 is 0 Å². The second kappa shape index (κ2) is 6.58. The van der Waals surface area contributed by atoms with Crippen LogP contribution < -0.4 is 0 Å². The molecular formula is C15H29N3. The van der Waals surface area contributed by atoms with Crippen molar-refractivity contribution in [1.29, 1.82) is 0 Å². The number of piperidine rings is 1. The van der Waals surface area contributed by atoms with E-state index in [9.17, 15) is 0 Å². The predicted octanol–water partition coefficient (Wildman–Crippen LogP) is 2.01. The maximum Gasteiger partial charge on any atom is 0.0300 e. The fourth-order valence-electron chi connectivity index (χ4n) is 2.92. The van der Waals surface area contributed by atoms with Gasteiger partial charge in [-0.1, -0.05) is 12.5 Å². The molecule has 0 aromatic heterocycles. The summed E-state index contributed by atoms with van der Waals surface area (Å²) in [5, 5.41) is 0. The molecule has 0 bridgehead atoms. The van der Waals surface area contributed by atoms with Gasteiger partial charge in [-0.25, -0.2) is 0 Å². The van der Waals surface area contributed by atoms with Crippen molar-refractivity contribution in [1.82, 2.24) is 14.7 Å². The summed E-state index contributed by atoms with van der Waals surface area (Å²) in [5.41, 5.74) is 1.66. The van der Waals surface area contributed by atoms with E-state index >= 15 is 0 Å². The highest BCUT2D eigenvalue weighted by molar-refractivity contribution is 5.06. The van der Waals surface area contributed by atoms with Crippen LogP contribution in [0.2, 0.25) is 0 Å². The Bertz CT molecular complexity index is 267. The lowest BCUT2D eigenvalue weighted by molar-refractivity contribution is 0.171. The minimum atomic E-state index is 0.708. The molecule has 0 atom stereocenters. The zero-order valence-corrected chi connectivity index (χ0v) is 12.4. The van der Waals surface area contributed by atoms with Crippen molar-refractivity contribution >= 4 is 0 Å². The molecule has 2 fully saturated rings. The molecule has 0 N–H and O–H groups in total. The van der Waals surface area contributed by atoms with Crippen molar-refractivity contribution < 1.29 is 0 Å². The summed E-state index contributed by atoms with van der Waals surface area (Å²) in [7, 11) is 0. The molecule has 2 saturated heterocycles. The molecule has 0 amide bonds. The van der Waals surface area contributed by atoms with Crippen LogP contribution in [0.15, 0.2) is 11.8 Å². The topological polar surface area (TPSA) is 9.72 Å². The Morgan fingerprint density at radius 2 is 1.61 bits per heavy atom. The fourth-order valence-corrected chi connectivity index (χ4v) is 2.92. The van der Waals surface area contributed by atoms with Crippen molar-refractivity contribution in [3.63, 3.8) is 0 Å². The van der Waals surface area contributed by atoms with E-state index in [4.69, 9.17) is 0 Å². The maximum absolute atomic E-state index is 2.59. The Labute approximate surface area is 112 Å². The van der Waals surface area contributed by atoms with Gasteiger partial charge in [0.15, 0.2) is 0 Å². The third kappa shape index (κ3) is 3.72. The van der Waals surface area contributed by atoms with Crippen LogP contribution in [0, 0.1) is 0 Å². The Kier molecular flexibility index (Phi) is 5.07. The van der Waals surface area contributed by atoms with Crippen LogP contribution in [-0.4, -0.2) is 66.6 Å². The molecule has 0 spiro atoms. The summed E-state index contributed by atoms with van der Waals surface area (Å²) >= 11 is 0. The smallest absolute Gasteiger partial charge is 0.0300 e. The lowest BCUT2D eigenvalue weighted by atomic mass is 10.0. The van der Waals surface area contributed by atoms with Crippen molar-refractivity contribution in [2.75, 3.05) is 45.8 Å². The molecule has 0 aromatic carbocycles. The number of nitrogens with zero attached hydrogens (tertiary/aromatic N) is 3. The highest BCUT2D eigenvalue weighted by atomic mass is 15.2. The fraction of sp³-hybridized carbons (Fsp3) is 0.867. The molecule has 104 valence electrons. The molecule has 0 unspecified atom stereocenters.